The summed E-state index contributed by atoms with van der Waals surface area (Å²) >= 11 is 1.73. The van der Waals surface area contributed by atoms with Gasteiger partial charge in [0, 0.05) is 17.8 Å². The fourth-order valence-electron chi connectivity index (χ4n) is 2.02. The molecule has 0 saturated carbocycles. The highest BCUT2D eigenvalue weighted by atomic mass is 32.2. The number of hydrogen-bond acceptors (Lipinski definition) is 4. The summed E-state index contributed by atoms with van der Waals surface area (Å²) in [4.78, 5) is 11.9. The van der Waals surface area contributed by atoms with E-state index in [2.05, 4.69) is 5.32 Å². The third-order valence-electron chi connectivity index (χ3n) is 2.98. The van der Waals surface area contributed by atoms with Crippen molar-refractivity contribution in [1.82, 2.24) is 5.32 Å². The van der Waals surface area contributed by atoms with Crippen LogP contribution in [0.15, 0.2) is 18.2 Å². The second kappa shape index (κ2) is 6.00. The molecule has 18 heavy (non-hydrogen) atoms. The average molecular weight is 266 g/mol. The normalized spacial score (nSPS) is 18.6. The number of hydrogen-bond donors (Lipinski definition) is 2. The molecule has 1 atom stereocenters. The zero-order chi connectivity index (χ0) is 13.0. The number of nitrogen functional groups attached to an aromatic ring is 1. The highest BCUT2D eigenvalue weighted by Crippen LogP contribution is 2.26. The molecule has 0 aliphatic carbocycles. The Morgan fingerprint density at radius 1 is 1.61 bits per heavy atom. The van der Waals surface area contributed by atoms with E-state index in [-0.39, 0.29) is 11.2 Å². The van der Waals surface area contributed by atoms with Crippen LogP contribution in [0, 0.1) is 0 Å². The molecule has 1 aromatic carbocycles. The van der Waals surface area contributed by atoms with Crippen LogP contribution >= 0.6 is 11.8 Å². The molecule has 3 N–H and O–H groups in total. The third kappa shape index (κ3) is 3.10. The Bertz CT molecular complexity index is 431. The van der Waals surface area contributed by atoms with Crippen molar-refractivity contribution in [3.8, 4) is 5.75 Å². The van der Waals surface area contributed by atoms with Crippen LogP contribution in [0.5, 0.6) is 5.75 Å². The third-order valence-corrected chi connectivity index (χ3v) is 4.36. The smallest absolute Gasteiger partial charge is 0.233 e. The van der Waals surface area contributed by atoms with Crippen molar-refractivity contribution >= 4 is 23.4 Å². The minimum atomic E-state index is 0.108. The summed E-state index contributed by atoms with van der Waals surface area (Å²) in [6.07, 6.45) is 2.11. The van der Waals surface area contributed by atoms with Crippen LogP contribution in [0.2, 0.25) is 0 Å². The molecule has 1 saturated heterocycles. The largest absolute Gasteiger partial charge is 0.496 e. The minimum absolute atomic E-state index is 0.108. The van der Waals surface area contributed by atoms with Gasteiger partial charge in [0.15, 0.2) is 0 Å². The van der Waals surface area contributed by atoms with E-state index in [0.29, 0.717) is 12.2 Å². The van der Waals surface area contributed by atoms with Gasteiger partial charge < -0.3 is 15.8 Å². The Hall–Kier alpha value is -1.36. The zero-order valence-electron chi connectivity index (χ0n) is 10.4. The number of benzene rings is 1. The summed E-state index contributed by atoms with van der Waals surface area (Å²) in [5.74, 6) is 1.95. The quantitative estimate of drug-likeness (QED) is 0.816. The van der Waals surface area contributed by atoms with Gasteiger partial charge in [-0.1, -0.05) is 0 Å². The average Bonchev–Trinajstić information content (AvgIpc) is 2.90. The van der Waals surface area contributed by atoms with E-state index >= 15 is 0 Å². The molecule has 0 spiro atoms. The van der Waals surface area contributed by atoms with E-state index in [0.717, 1.165) is 29.9 Å². The number of nitrogens with one attached hydrogen (secondary N) is 1. The van der Waals surface area contributed by atoms with Crippen LogP contribution in [0.3, 0.4) is 0 Å². The number of nitrogens with two attached hydrogens (primary N) is 1. The van der Waals surface area contributed by atoms with Crippen molar-refractivity contribution in [2.75, 3.05) is 18.6 Å². The van der Waals surface area contributed by atoms with Crippen LogP contribution in [-0.2, 0) is 11.3 Å². The lowest BCUT2D eigenvalue weighted by Crippen LogP contribution is -2.30. The second-order valence-electron chi connectivity index (χ2n) is 4.29. The number of amides is 1. The van der Waals surface area contributed by atoms with Gasteiger partial charge in [0.2, 0.25) is 5.91 Å². The van der Waals surface area contributed by atoms with Gasteiger partial charge in [-0.05, 0) is 36.8 Å². The highest BCUT2D eigenvalue weighted by Gasteiger charge is 2.23. The number of thioether (sulfide) groups is 1. The van der Waals surface area contributed by atoms with Crippen molar-refractivity contribution in [3.63, 3.8) is 0 Å². The first-order valence-corrected chi connectivity index (χ1v) is 7.07. The lowest BCUT2D eigenvalue weighted by Gasteiger charge is -2.12. The Kier molecular flexibility index (Phi) is 4.36. The van der Waals surface area contributed by atoms with Crippen molar-refractivity contribution < 1.29 is 9.53 Å². The Morgan fingerprint density at radius 3 is 3.11 bits per heavy atom. The van der Waals surface area contributed by atoms with Gasteiger partial charge >= 0.3 is 0 Å². The first-order chi connectivity index (χ1) is 8.70. The van der Waals surface area contributed by atoms with E-state index < -0.39 is 0 Å². The first-order valence-electron chi connectivity index (χ1n) is 6.02. The molecular weight excluding hydrogens is 248 g/mol. The maximum atomic E-state index is 11.9. The molecule has 1 aliphatic heterocycles. The Morgan fingerprint density at radius 2 is 2.44 bits per heavy atom. The maximum absolute atomic E-state index is 11.9. The molecule has 1 unspecified atom stereocenters. The molecule has 0 aromatic heterocycles. The van der Waals surface area contributed by atoms with Gasteiger partial charge in [-0.25, -0.2) is 0 Å². The van der Waals surface area contributed by atoms with Crippen LogP contribution in [0.25, 0.3) is 0 Å². The van der Waals surface area contributed by atoms with Gasteiger partial charge in [-0.15, -0.1) is 11.8 Å². The summed E-state index contributed by atoms with van der Waals surface area (Å²) in [5.41, 5.74) is 7.33. The lowest BCUT2D eigenvalue weighted by atomic mass is 10.1. The highest BCUT2D eigenvalue weighted by molar-refractivity contribution is 8.00. The van der Waals surface area contributed by atoms with Crippen molar-refractivity contribution in [1.29, 1.82) is 0 Å². The van der Waals surface area contributed by atoms with Gasteiger partial charge in [0.05, 0.1) is 12.4 Å². The van der Waals surface area contributed by atoms with Crippen LogP contribution < -0.4 is 15.8 Å². The Balaban J connectivity index is 1.96. The minimum Gasteiger partial charge on any atom is -0.496 e. The molecule has 2 rings (SSSR count). The number of methoxy groups -OCH3 is 1. The van der Waals surface area contributed by atoms with Gasteiger partial charge in [-0.2, -0.15) is 0 Å². The molecule has 1 aromatic rings. The fourth-order valence-corrected chi connectivity index (χ4v) is 3.20. The monoisotopic (exact) mass is 266 g/mol. The summed E-state index contributed by atoms with van der Waals surface area (Å²) in [6, 6.07) is 5.44. The Labute approximate surface area is 111 Å². The number of carbonyl (C=O) groups is 1. The molecule has 0 radical (unpaired) electrons. The second-order valence-corrected chi connectivity index (χ2v) is 5.60. The summed E-state index contributed by atoms with van der Waals surface area (Å²) < 4.78 is 5.25. The van der Waals surface area contributed by atoms with Crippen molar-refractivity contribution in [2.45, 2.75) is 24.6 Å². The van der Waals surface area contributed by atoms with Gasteiger partial charge in [-0.3, -0.25) is 4.79 Å². The SMILES string of the molecule is COc1ccc(N)cc1CNC(=O)C1CCCS1. The predicted molar refractivity (Wildman–Crippen MR) is 74.7 cm³/mol. The van der Waals surface area contributed by atoms with E-state index in [1.54, 1.807) is 24.9 Å². The molecule has 98 valence electrons. The summed E-state index contributed by atoms with van der Waals surface area (Å²) in [7, 11) is 1.61. The van der Waals surface area contributed by atoms with Gasteiger partial charge in [0.25, 0.3) is 0 Å². The molecular formula is C13H18N2O2S. The lowest BCUT2D eigenvalue weighted by molar-refractivity contribution is -0.120. The molecule has 1 heterocycles. The number of rotatable bonds is 4. The zero-order valence-corrected chi connectivity index (χ0v) is 11.3. The fraction of sp³-hybridized carbons (Fsp3) is 0.462. The van der Waals surface area contributed by atoms with Crippen molar-refractivity contribution in [2.24, 2.45) is 0 Å². The molecule has 5 heteroatoms. The molecule has 4 nitrogen and oxygen atoms in total. The molecule has 1 amide bonds. The van der Waals surface area contributed by atoms with Crippen LogP contribution in [-0.4, -0.2) is 24.0 Å². The van der Waals surface area contributed by atoms with E-state index in [4.69, 9.17) is 10.5 Å². The number of ether oxygens (including phenoxy) is 1. The first kappa shape index (κ1) is 13.1. The van der Waals surface area contributed by atoms with Crippen molar-refractivity contribution in [3.05, 3.63) is 23.8 Å². The van der Waals surface area contributed by atoms with E-state index in [1.807, 2.05) is 12.1 Å². The van der Waals surface area contributed by atoms with E-state index in [1.165, 1.54) is 0 Å². The van der Waals surface area contributed by atoms with E-state index in [9.17, 15) is 4.79 Å². The maximum Gasteiger partial charge on any atom is 0.233 e. The predicted octanol–water partition coefficient (Wildman–Crippen LogP) is 1.79. The van der Waals surface area contributed by atoms with Crippen LogP contribution in [0.4, 0.5) is 5.69 Å². The molecule has 1 fully saturated rings. The van der Waals surface area contributed by atoms with Gasteiger partial charge in [0.1, 0.15) is 5.75 Å². The number of anilines is 1. The topological polar surface area (TPSA) is 64.3 Å². The number of carbonyl (C=O) groups excluding carboxylic acids is 1. The standard InChI is InChI=1S/C13H18N2O2S/c1-17-11-5-4-10(14)7-9(11)8-15-13(16)12-3-2-6-18-12/h4-5,7,12H,2-3,6,8,14H2,1H3,(H,15,16). The molecule has 1 aliphatic rings. The summed E-state index contributed by atoms with van der Waals surface area (Å²) in [5, 5.41) is 3.06. The molecule has 0 bridgehead atoms. The van der Waals surface area contributed by atoms with Crippen LogP contribution in [0.1, 0.15) is 18.4 Å². The summed E-state index contributed by atoms with van der Waals surface area (Å²) in [6.45, 7) is 0.462.